The van der Waals surface area contributed by atoms with Crippen LogP contribution in [0.25, 0.3) is 0 Å². The van der Waals surface area contributed by atoms with E-state index in [0.717, 1.165) is 12.2 Å². The van der Waals surface area contributed by atoms with E-state index in [-0.39, 0.29) is 11.9 Å². The Bertz CT molecular complexity index is 381. The molecular formula is C12H20N4O. The number of nitrogens with one attached hydrogen (secondary N) is 1. The Kier molecular flexibility index (Phi) is 4.90. The smallest absolute Gasteiger partial charge is 0.141 e. The molecule has 0 spiro atoms. The van der Waals surface area contributed by atoms with Crippen molar-refractivity contribution in [1.82, 2.24) is 4.98 Å². The van der Waals surface area contributed by atoms with Crippen molar-refractivity contribution in [2.45, 2.75) is 19.9 Å². The molecule has 0 fully saturated rings. The van der Waals surface area contributed by atoms with E-state index < -0.39 is 0 Å². The molecule has 1 aromatic heterocycles. The SMILES string of the molecule is CCN(c1ccnc(C(=N)N)c1)C(C)COC. The molecule has 0 aliphatic rings. The van der Waals surface area contributed by atoms with E-state index in [4.69, 9.17) is 15.9 Å². The van der Waals surface area contributed by atoms with Crippen LogP contribution in [0, 0.1) is 5.41 Å². The number of rotatable bonds is 6. The van der Waals surface area contributed by atoms with Crippen LogP contribution in [0.1, 0.15) is 19.5 Å². The lowest BCUT2D eigenvalue weighted by atomic mass is 10.2. The lowest BCUT2D eigenvalue weighted by Gasteiger charge is -2.29. The number of nitrogens with two attached hydrogens (primary N) is 1. The first-order chi connectivity index (χ1) is 8.10. The van der Waals surface area contributed by atoms with Crippen molar-refractivity contribution in [3.8, 4) is 0 Å². The summed E-state index contributed by atoms with van der Waals surface area (Å²) in [6, 6.07) is 4.02. The molecule has 0 saturated carbocycles. The third-order valence-corrected chi connectivity index (χ3v) is 2.63. The highest BCUT2D eigenvalue weighted by atomic mass is 16.5. The van der Waals surface area contributed by atoms with E-state index in [1.807, 2.05) is 12.1 Å². The van der Waals surface area contributed by atoms with Crippen LogP contribution in [0.15, 0.2) is 18.3 Å². The van der Waals surface area contributed by atoms with Crippen molar-refractivity contribution >= 4 is 11.5 Å². The molecule has 0 bridgehead atoms. The molecule has 3 N–H and O–H groups in total. The van der Waals surface area contributed by atoms with Crippen molar-refractivity contribution < 1.29 is 4.74 Å². The predicted molar refractivity (Wildman–Crippen MR) is 69.6 cm³/mol. The average molecular weight is 236 g/mol. The molecule has 1 rings (SSSR count). The fourth-order valence-corrected chi connectivity index (χ4v) is 1.83. The summed E-state index contributed by atoms with van der Waals surface area (Å²) >= 11 is 0. The first kappa shape index (κ1) is 13.4. The number of hydrogen-bond acceptors (Lipinski definition) is 4. The van der Waals surface area contributed by atoms with Crippen molar-refractivity contribution in [3.05, 3.63) is 24.0 Å². The van der Waals surface area contributed by atoms with Crippen LogP contribution in [-0.4, -0.2) is 37.1 Å². The predicted octanol–water partition coefficient (Wildman–Crippen LogP) is 1.23. The quantitative estimate of drug-likeness (QED) is 0.575. The van der Waals surface area contributed by atoms with E-state index >= 15 is 0 Å². The molecule has 1 unspecified atom stereocenters. The second-order valence-electron chi connectivity index (χ2n) is 3.90. The van der Waals surface area contributed by atoms with E-state index in [2.05, 4.69) is 23.7 Å². The van der Waals surface area contributed by atoms with Crippen molar-refractivity contribution in [1.29, 1.82) is 5.41 Å². The summed E-state index contributed by atoms with van der Waals surface area (Å²) in [5.41, 5.74) is 6.95. The van der Waals surface area contributed by atoms with Crippen LogP contribution < -0.4 is 10.6 Å². The minimum absolute atomic E-state index is 0.0118. The van der Waals surface area contributed by atoms with Crippen LogP contribution >= 0.6 is 0 Å². The highest BCUT2D eigenvalue weighted by Gasteiger charge is 2.13. The van der Waals surface area contributed by atoms with Gasteiger partial charge in [0.2, 0.25) is 0 Å². The first-order valence-electron chi connectivity index (χ1n) is 5.66. The summed E-state index contributed by atoms with van der Waals surface area (Å²) in [7, 11) is 1.69. The standard InChI is InChI=1S/C12H20N4O/c1-4-16(9(2)8-17-3)10-5-6-15-11(7-10)12(13)14/h5-7,9H,4,8H2,1-3H3,(H3,13,14). The summed E-state index contributed by atoms with van der Waals surface area (Å²) in [4.78, 5) is 6.25. The molecule has 0 amide bonds. The van der Waals surface area contributed by atoms with Crippen LogP contribution in [0.3, 0.4) is 0 Å². The maximum absolute atomic E-state index is 7.39. The van der Waals surface area contributed by atoms with Gasteiger partial charge >= 0.3 is 0 Å². The van der Waals surface area contributed by atoms with Gasteiger partial charge in [-0.2, -0.15) is 0 Å². The number of ether oxygens (including phenoxy) is 1. The molecule has 1 heterocycles. The fraction of sp³-hybridized carbons (Fsp3) is 0.500. The van der Waals surface area contributed by atoms with Crippen LogP contribution in [0.5, 0.6) is 0 Å². The summed E-state index contributed by atoms with van der Waals surface area (Å²) in [5, 5.41) is 7.39. The fourth-order valence-electron chi connectivity index (χ4n) is 1.83. The molecule has 0 saturated heterocycles. The van der Waals surface area contributed by atoms with Gasteiger partial charge in [0.05, 0.1) is 6.61 Å². The molecule has 0 radical (unpaired) electrons. The largest absolute Gasteiger partial charge is 0.383 e. The van der Waals surface area contributed by atoms with Crippen molar-refractivity contribution in [3.63, 3.8) is 0 Å². The number of pyridine rings is 1. The Balaban J connectivity index is 2.95. The number of nitrogen functional groups attached to an aromatic ring is 1. The topological polar surface area (TPSA) is 75.2 Å². The third-order valence-electron chi connectivity index (χ3n) is 2.63. The number of anilines is 1. The number of amidine groups is 1. The number of methoxy groups -OCH3 is 1. The zero-order chi connectivity index (χ0) is 12.8. The van der Waals surface area contributed by atoms with Gasteiger partial charge in [0.25, 0.3) is 0 Å². The van der Waals surface area contributed by atoms with Gasteiger partial charge in [0, 0.05) is 31.6 Å². The number of nitrogens with zero attached hydrogens (tertiary/aromatic N) is 2. The molecule has 94 valence electrons. The summed E-state index contributed by atoms with van der Waals surface area (Å²) < 4.78 is 5.16. The van der Waals surface area contributed by atoms with Crippen molar-refractivity contribution in [2.75, 3.05) is 25.2 Å². The molecule has 5 nitrogen and oxygen atoms in total. The van der Waals surface area contributed by atoms with Gasteiger partial charge in [0.1, 0.15) is 11.5 Å². The number of hydrogen-bond donors (Lipinski definition) is 2. The maximum atomic E-state index is 7.39. The van der Waals surface area contributed by atoms with E-state index in [1.54, 1.807) is 13.3 Å². The summed E-state index contributed by atoms with van der Waals surface area (Å²) in [6.07, 6.45) is 1.67. The van der Waals surface area contributed by atoms with Gasteiger partial charge < -0.3 is 15.4 Å². The van der Waals surface area contributed by atoms with Crippen molar-refractivity contribution in [2.24, 2.45) is 5.73 Å². The molecule has 1 atom stereocenters. The Morgan fingerprint density at radius 2 is 2.35 bits per heavy atom. The van der Waals surface area contributed by atoms with Crippen LogP contribution in [0.2, 0.25) is 0 Å². The Hall–Kier alpha value is -1.62. The average Bonchev–Trinajstić information content (AvgIpc) is 2.30. The summed E-state index contributed by atoms with van der Waals surface area (Å²) in [5.74, 6) is -0.0118. The minimum Gasteiger partial charge on any atom is -0.383 e. The zero-order valence-corrected chi connectivity index (χ0v) is 10.6. The molecule has 0 aromatic carbocycles. The maximum Gasteiger partial charge on any atom is 0.141 e. The van der Waals surface area contributed by atoms with Crippen LogP contribution in [-0.2, 0) is 4.74 Å². The molecular weight excluding hydrogens is 216 g/mol. The molecule has 1 aromatic rings. The Morgan fingerprint density at radius 1 is 1.65 bits per heavy atom. The Labute approximate surface area is 102 Å². The lowest BCUT2D eigenvalue weighted by Crippen LogP contribution is -2.36. The molecule has 5 heteroatoms. The molecule has 17 heavy (non-hydrogen) atoms. The van der Waals surface area contributed by atoms with Gasteiger partial charge in [-0.25, -0.2) is 0 Å². The van der Waals surface area contributed by atoms with E-state index in [0.29, 0.717) is 12.3 Å². The van der Waals surface area contributed by atoms with Gasteiger partial charge in [-0.15, -0.1) is 0 Å². The minimum atomic E-state index is -0.0118. The van der Waals surface area contributed by atoms with Gasteiger partial charge in [-0.3, -0.25) is 10.4 Å². The summed E-state index contributed by atoms with van der Waals surface area (Å²) in [6.45, 7) is 5.71. The zero-order valence-electron chi connectivity index (χ0n) is 10.6. The highest BCUT2D eigenvalue weighted by Crippen LogP contribution is 2.17. The molecule has 0 aliphatic heterocycles. The second-order valence-corrected chi connectivity index (χ2v) is 3.90. The number of aromatic nitrogens is 1. The third kappa shape index (κ3) is 3.42. The van der Waals surface area contributed by atoms with Gasteiger partial charge in [0.15, 0.2) is 0 Å². The van der Waals surface area contributed by atoms with E-state index in [9.17, 15) is 0 Å². The van der Waals surface area contributed by atoms with E-state index in [1.165, 1.54) is 0 Å². The van der Waals surface area contributed by atoms with Crippen LogP contribution in [0.4, 0.5) is 5.69 Å². The second kappa shape index (κ2) is 6.20. The lowest BCUT2D eigenvalue weighted by molar-refractivity contribution is 0.182. The molecule has 0 aliphatic carbocycles. The normalized spacial score (nSPS) is 12.2. The number of likely N-dealkylation sites (N-methyl/N-ethyl adjacent to an activating group) is 1. The monoisotopic (exact) mass is 236 g/mol. The van der Waals surface area contributed by atoms with Gasteiger partial charge in [-0.1, -0.05) is 0 Å². The Morgan fingerprint density at radius 3 is 2.88 bits per heavy atom. The first-order valence-corrected chi connectivity index (χ1v) is 5.66. The van der Waals surface area contributed by atoms with Gasteiger partial charge in [-0.05, 0) is 26.0 Å². The highest BCUT2D eigenvalue weighted by molar-refractivity contribution is 5.93.